The van der Waals surface area contributed by atoms with Crippen LogP contribution in [-0.2, 0) is 4.79 Å². The molecule has 19 heavy (non-hydrogen) atoms. The summed E-state index contributed by atoms with van der Waals surface area (Å²) in [4.78, 5) is 24.9. The topological polar surface area (TPSA) is 69.6 Å². The molecule has 0 aliphatic carbocycles. The lowest BCUT2D eigenvalue weighted by molar-refractivity contribution is -0.139. The number of carbonyl (C=O) groups excluding carboxylic acids is 1. The van der Waals surface area contributed by atoms with Crippen molar-refractivity contribution in [2.75, 3.05) is 13.1 Å². The number of unbranched alkanes of at least 4 members (excludes halogenated alkanes) is 2. The molecule has 112 valence electrons. The molecular formula is C14H28N2O3. The lowest BCUT2D eigenvalue weighted by Crippen LogP contribution is -2.48. The molecule has 0 bridgehead atoms. The molecule has 5 nitrogen and oxygen atoms in total. The molecule has 2 N–H and O–H groups in total. The van der Waals surface area contributed by atoms with Gasteiger partial charge in [0.15, 0.2) is 0 Å². The first-order valence-electron chi connectivity index (χ1n) is 7.34. The summed E-state index contributed by atoms with van der Waals surface area (Å²) in [7, 11) is 0. The minimum absolute atomic E-state index is 0.247. The van der Waals surface area contributed by atoms with Crippen molar-refractivity contribution in [3.8, 4) is 0 Å². The molecular weight excluding hydrogens is 244 g/mol. The van der Waals surface area contributed by atoms with Crippen molar-refractivity contribution < 1.29 is 14.7 Å². The zero-order valence-electron chi connectivity index (χ0n) is 12.4. The number of nitrogens with zero attached hydrogens (tertiary/aromatic N) is 1. The molecule has 0 aromatic carbocycles. The van der Waals surface area contributed by atoms with E-state index in [2.05, 4.69) is 19.2 Å². The Labute approximate surface area is 116 Å². The van der Waals surface area contributed by atoms with Crippen molar-refractivity contribution >= 4 is 12.0 Å². The van der Waals surface area contributed by atoms with Crippen molar-refractivity contribution in [3.63, 3.8) is 0 Å². The minimum atomic E-state index is -0.957. The summed E-state index contributed by atoms with van der Waals surface area (Å²) in [6.07, 6.45) is 5.14. The molecule has 2 amide bonds. The quantitative estimate of drug-likeness (QED) is 0.642. The van der Waals surface area contributed by atoms with E-state index < -0.39 is 12.0 Å². The second-order valence-electron chi connectivity index (χ2n) is 4.82. The van der Waals surface area contributed by atoms with Crippen molar-refractivity contribution in [2.45, 2.75) is 65.3 Å². The molecule has 0 aliphatic heterocycles. The number of amides is 2. The molecule has 0 fully saturated rings. The van der Waals surface area contributed by atoms with E-state index in [9.17, 15) is 9.59 Å². The van der Waals surface area contributed by atoms with Crippen LogP contribution < -0.4 is 5.32 Å². The van der Waals surface area contributed by atoms with Gasteiger partial charge in [-0.25, -0.2) is 9.59 Å². The molecule has 5 heteroatoms. The van der Waals surface area contributed by atoms with Crippen LogP contribution in [0.3, 0.4) is 0 Å². The highest BCUT2D eigenvalue weighted by Crippen LogP contribution is 2.03. The van der Waals surface area contributed by atoms with Crippen LogP contribution >= 0.6 is 0 Å². The summed E-state index contributed by atoms with van der Waals surface area (Å²) in [5.41, 5.74) is 0. The SMILES string of the molecule is CCCCN(CCCC)C(=O)NC(CCC)C(=O)O. The van der Waals surface area contributed by atoms with Crippen molar-refractivity contribution in [2.24, 2.45) is 0 Å². The standard InChI is InChI=1S/C14H28N2O3/c1-4-7-10-16(11-8-5-2)14(19)15-12(9-6-3)13(17)18/h12H,4-11H2,1-3H3,(H,15,19)(H,17,18). The number of aliphatic carboxylic acids is 1. The predicted molar refractivity (Wildman–Crippen MR) is 76.3 cm³/mol. The van der Waals surface area contributed by atoms with Gasteiger partial charge in [-0.05, 0) is 19.3 Å². The summed E-state index contributed by atoms with van der Waals surface area (Å²) >= 11 is 0. The second kappa shape index (κ2) is 10.6. The molecule has 0 aromatic rings. The highest BCUT2D eigenvalue weighted by molar-refractivity contribution is 5.82. The number of carbonyl (C=O) groups is 2. The first-order chi connectivity index (χ1) is 9.06. The third kappa shape index (κ3) is 7.70. The van der Waals surface area contributed by atoms with E-state index in [1.54, 1.807) is 4.90 Å². The maximum Gasteiger partial charge on any atom is 0.326 e. The van der Waals surface area contributed by atoms with Crippen LogP contribution in [0.25, 0.3) is 0 Å². The molecule has 1 unspecified atom stereocenters. The monoisotopic (exact) mass is 272 g/mol. The number of hydrogen-bond acceptors (Lipinski definition) is 2. The van der Waals surface area contributed by atoms with Crippen LogP contribution in [0.2, 0.25) is 0 Å². The Morgan fingerprint density at radius 2 is 1.58 bits per heavy atom. The predicted octanol–water partition coefficient (Wildman–Crippen LogP) is 2.85. The van der Waals surface area contributed by atoms with Crippen LogP contribution in [-0.4, -0.2) is 41.1 Å². The minimum Gasteiger partial charge on any atom is -0.480 e. The van der Waals surface area contributed by atoms with Gasteiger partial charge in [0.25, 0.3) is 0 Å². The van der Waals surface area contributed by atoms with Crippen LogP contribution in [0.15, 0.2) is 0 Å². The van der Waals surface area contributed by atoms with Gasteiger partial charge >= 0.3 is 12.0 Å². The first-order valence-corrected chi connectivity index (χ1v) is 7.34. The van der Waals surface area contributed by atoms with Gasteiger partial charge in [0, 0.05) is 13.1 Å². The number of rotatable bonds is 10. The van der Waals surface area contributed by atoms with Gasteiger partial charge in [-0.3, -0.25) is 0 Å². The van der Waals surface area contributed by atoms with Gasteiger partial charge in [0.1, 0.15) is 6.04 Å². The molecule has 0 aliphatic rings. The fourth-order valence-corrected chi connectivity index (χ4v) is 1.80. The second-order valence-corrected chi connectivity index (χ2v) is 4.82. The van der Waals surface area contributed by atoms with Crippen LogP contribution in [0.4, 0.5) is 4.79 Å². The van der Waals surface area contributed by atoms with Gasteiger partial charge in [0.05, 0.1) is 0 Å². The third-order valence-corrected chi connectivity index (χ3v) is 3.02. The van der Waals surface area contributed by atoms with Crippen LogP contribution in [0.5, 0.6) is 0 Å². The van der Waals surface area contributed by atoms with E-state index in [4.69, 9.17) is 5.11 Å². The van der Waals surface area contributed by atoms with Gasteiger partial charge in [-0.15, -0.1) is 0 Å². The van der Waals surface area contributed by atoms with Crippen LogP contribution in [0, 0.1) is 0 Å². The Balaban J connectivity index is 4.44. The van der Waals surface area contributed by atoms with Gasteiger partial charge in [-0.1, -0.05) is 40.0 Å². The average Bonchev–Trinajstić information content (AvgIpc) is 2.38. The maximum atomic E-state index is 12.1. The summed E-state index contributed by atoms with van der Waals surface area (Å²) in [5.74, 6) is -0.957. The van der Waals surface area contributed by atoms with Crippen molar-refractivity contribution in [1.82, 2.24) is 10.2 Å². The largest absolute Gasteiger partial charge is 0.480 e. The van der Waals surface area contributed by atoms with Gasteiger partial charge in [-0.2, -0.15) is 0 Å². The molecule has 0 radical (unpaired) electrons. The third-order valence-electron chi connectivity index (χ3n) is 3.02. The highest BCUT2D eigenvalue weighted by Gasteiger charge is 2.21. The summed E-state index contributed by atoms with van der Waals surface area (Å²) in [6, 6.07) is -1.02. The Bertz CT molecular complexity index is 261. The van der Waals surface area contributed by atoms with E-state index in [-0.39, 0.29) is 6.03 Å². The van der Waals surface area contributed by atoms with E-state index in [0.29, 0.717) is 19.5 Å². The van der Waals surface area contributed by atoms with Gasteiger partial charge in [0.2, 0.25) is 0 Å². The molecule has 0 rings (SSSR count). The molecule has 0 heterocycles. The lowest BCUT2D eigenvalue weighted by Gasteiger charge is -2.25. The smallest absolute Gasteiger partial charge is 0.326 e. The maximum absolute atomic E-state index is 12.1. The fraction of sp³-hybridized carbons (Fsp3) is 0.857. The summed E-state index contributed by atoms with van der Waals surface area (Å²) in [6.45, 7) is 7.45. The normalized spacial score (nSPS) is 11.9. The first kappa shape index (κ1) is 17.7. The fourth-order valence-electron chi connectivity index (χ4n) is 1.80. The molecule has 0 spiro atoms. The Kier molecular flexibility index (Phi) is 9.94. The highest BCUT2D eigenvalue weighted by atomic mass is 16.4. The van der Waals surface area contributed by atoms with Crippen molar-refractivity contribution in [3.05, 3.63) is 0 Å². The Hall–Kier alpha value is -1.26. The number of hydrogen-bond donors (Lipinski definition) is 2. The summed E-state index contributed by atoms with van der Waals surface area (Å²) in [5, 5.41) is 11.7. The zero-order valence-corrected chi connectivity index (χ0v) is 12.4. The molecule has 0 saturated heterocycles. The summed E-state index contributed by atoms with van der Waals surface area (Å²) < 4.78 is 0. The zero-order chi connectivity index (χ0) is 14.7. The van der Waals surface area contributed by atoms with E-state index in [0.717, 1.165) is 32.1 Å². The van der Waals surface area contributed by atoms with E-state index in [1.807, 2.05) is 6.92 Å². The average molecular weight is 272 g/mol. The number of carboxylic acid groups (broad SMARTS) is 1. The van der Waals surface area contributed by atoms with Crippen molar-refractivity contribution in [1.29, 1.82) is 0 Å². The Morgan fingerprint density at radius 1 is 1.05 bits per heavy atom. The van der Waals surface area contributed by atoms with Crippen LogP contribution in [0.1, 0.15) is 59.3 Å². The van der Waals surface area contributed by atoms with E-state index in [1.165, 1.54) is 0 Å². The Morgan fingerprint density at radius 3 is 1.95 bits per heavy atom. The molecule has 0 saturated carbocycles. The van der Waals surface area contributed by atoms with Gasteiger partial charge < -0.3 is 15.3 Å². The van der Waals surface area contributed by atoms with E-state index >= 15 is 0 Å². The number of nitrogens with one attached hydrogen (secondary N) is 1. The number of urea groups is 1. The lowest BCUT2D eigenvalue weighted by atomic mass is 10.2. The number of carboxylic acids is 1. The molecule has 0 aromatic heterocycles. The molecule has 1 atom stereocenters.